The van der Waals surface area contributed by atoms with Gasteiger partial charge in [-0.1, -0.05) is 6.92 Å². The summed E-state index contributed by atoms with van der Waals surface area (Å²) in [6.45, 7) is 1.80. The summed E-state index contributed by atoms with van der Waals surface area (Å²) in [6.07, 6.45) is 2.97. The van der Waals surface area contributed by atoms with Crippen LogP contribution < -0.4 is 5.73 Å². The monoisotopic (exact) mass is 177 g/mol. The molecule has 0 saturated heterocycles. The van der Waals surface area contributed by atoms with Gasteiger partial charge in [0, 0.05) is 0 Å². The maximum absolute atomic E-state index is 10.6. The summed E-state index contributed by atoms with van der Waals surface area (Å²) in [5, 5.41) is 8.72. The summed E-state index contributed by atoms with van der Waals surface area (Å²) in [4.78, 5) is 10.6. The van der Waals surface area contributed by atoms with Gasteiger partial charge in [0.15, 0.2) is 0 Å². The lowest BCUT2D eigenvalue weighted by molar-refractivity contribution is -0.143. The van der Waals surface area contributed by atoms with Crippen LogP contribution in [0.25, 0.3) is 0 Å². The van der Waals surface area contributed by atoms with Crippen molar-refractivity contribution in [2.45, 2.75) is 25.3 Å². The van der Waals surface area contributed by atoms with Crippen LogP contribution in [-0.2, 0) is 4.79 Å². The minimum absolute atomic E-state index is 0.489. The number of nitrogens with two attached hydrogens (primary N) is 1. The molecule has 0 aromatic heterocycles. The highest BCUT2D eigenvalue weighted by molar-refractivity contribution is 7.98. The quantitative estimate of drug-likeness (QED) is 0.655. The lowest BCUT2D eigenvalue weighted by atomic mass is 9.95. The first-order valence-corrected chi connectivity index (χ1v) is 4.97. The number of thioether (sulfide) groups is 1. The van der Waals surface area contributed by atoms with E-state index in [9.17, 15) is 4.79 Å². The zero-order chi connectivity index (χ0) is 8.91. The van der Waals surface area contributed by atoms with Crippen molar-refractivity contribution in [3.63, 3.8) is 0 Å². The van der Waals surface area contributed by atoms with Gasteiger partial charge in [0.1, 0.15) is 5.54 Å². The van der Waals surface area contributed by atoms with Crippen molar-refractivity contribution in [2.75, 3.05) is 12.0 Å². The van der Waals surface area contributed by atoms with Crippen molar-refractivity contribution >= 4 is 17.7 Å². The Hall–Kier alpha value is -0.220. The van der Waals surface area contributed by atoms with E-state index in [1.165, 1.54) is 0 Å². The van der Waals surface area contributed by atoms with Crippen molar-refractivity contribution in [2.24, 2.45) is 5.73 Å². The molecule has 0 aromatic rings. The van der Waals surface area contributed by atoms with Crippen molar-refractivity contribution in [1.82, 2.24) is 0 Å². The van der Waals surface area contributed by atoms with Crippen LogP contribution in [0.15, 0.2) is 0 Å². The van der Waals surface area contributed by atoms with Crippen LogP contribution in [0.1, 0.15) is 19.8 Å². The number of rotatable bonds is 5. The SMILES string of the molecule is CC[C@@](N)(CCSC)C(=O)O. The molecule has 0 spiro atoms. The molecule has 0 heterocycles. The van der Waals surface area contributed by atoms with Crippen LogP contribution in [0.5, 0.6) is 0 Å². The van der Waals surface area contributed by atoms with Crippen LogP contribution in [0.3, 0.4) is 0 Å². The Morgan fingerprint density at radius 1 is 1.73 bits per heavy atom. The van der Waals surface area contributed by atoms with Crippen LogP contribution in [0.4, 0.5) is 0 Å². The fourth-order valence-electron chi connectivity index (χ4n) is 0.719. The molecule has 0 rings (SSSR count). The van der Waals surface area contributed by atoms with Crippen molar-refractivity contribution in [3.8, 4) is 0 Å². The largest absolute Gasteiger partial charge is 0.480 e. The van der Waals surface area contributed by atoms with Gasteiger partial charge in [-0.25, -0.2) is 0 Å². The van der Waals surface area contributed by atoms with E-state index in [2.05, 4.69) is 0 Å². The standard InChI is InChI=1S/C7H15NO2S/c1-3-7(8,6(9)10)4-5-11-2/h3-5,8H2,1-2H3,(H,9,10)/t7-/m1/s1. The van der Waals surface area contributed by atoms with Crippen molar-refractivity contribution in [3.05, 3.63) is 0 Å². The molecule has 0 bridgehead atoms. The van der Waals surface area contributed by atoms with E-state index in [1.807, 2.05) is 6.26 Å². The average molecular weight is 177 g/mol. The van der Waals surface area contributed by atoms with Gasteiger partial charge in [0.2, 0.25) is 0 Å². The third-order valence-corrected chi connectivity index (χ3v) is 2.42. The smallest absolute Gasteiger partial charge is 0.323 e. The zero-order valence-corrected chi connectivity index (χ0v) is 7.78. The molecule has 0 unspecified atom stereocenters. The summed E-state index contributed by atoms with van der Waals surface area (Å²) in [5.74, 6) is -0.0922. The number of carboxylic acid groups (broad SMARTS) is 1. The highest BCUT2D eigenvalue weighted by Gasteiger charge is 2.30. The second kappa shape index (κ2) is 4.62. The summed E-state index contributed by atoms with van der Waals surface area (Å²) < 4.78 is 0. The molecule has 0 fully saturated rings. The first-order valence-electron chi connectivity index (χ1n) is 3.58. The predicted molar refractivity (Wildman–Crippen MR) is 47.8 cm³/mol. The Bertz CT molecular complexity index is 140. The van der Waals surface area contributed by atoms with E-state index < -0.39 is 11.5 Å². The second-order valence-electron chi connectivity index (χ2n) is 2.56. The predicted octanol–water partition coefficient (Wildman–Crippen LogP) is 0.932. The summed E-state index contributed by atoms with van der Waals surface area (Å²) >= 11 is 1.62. The third-order valence-electron chi connectivity index (χ3n) is 1.81. The van der Waals surface area contributed by atoms with Gasteiger partial charge >= 0.3 is 5.97 Å². The van der Waals surface area contributed by atoms with Crippen molar-refractivity contribution < 1.29 is 9.90 Å². The number of aliphatic carboxylic acids is 1. The van der Waals surface area contributed by atoms with E-state index in [-0.39, 0.29) is 0 Å². The Balaban J connectivity index is 3.99. The van der Waals surface area contributed by atoms with E-state index in [4.69, 9.17) is 10.8 Å². The zero-order valence-electron chi connectivity index (χ0n) is 6.96. The Morgan fingerprint density at radius 2 is 2.27 bits per heavy atom. The molecule has 0 aromatic carbocycles. The Morgan fingerprint density at radius 3 is 2.55 bits per heavy atom. The Kier molecular flexibility index (Phi) is 4.52. The molecule has 0 radical (unpaired) electrons. The molecular formula is C7H15NO2S. The van der Waals surface area contributed by atoms with Gasteiger partial charge < -0.3 is 10.8 Å². The first-order chi connectivity index (χ1) is 5.06. The lowest BCUT2D eigenvalue weighted by Crippen LogP contribution is -2.47. The maximum Gasteiger partial charge on any atom is 0.323 e. The molecular weight excluding hydrogens is 162 g/mol. The van der Waals surface area contributed by atoms with Gasteiger partial charge in [0.05, 0.1) is 0 Å². The summed E-state index contributed by atoms with van der Waals surface area (Å²) in [5.41, 5.74) is 4.60. The molecule has 0 saturated carbocycles. The highest BCUT2D eigenvalue weighted by Crippen LogP contribution is 2.14. The van der Waals surface area contributed by atoms with Gasteiger partial charge in [0.25, 0.3) is 0 Å². The number of hydrogen-bond donors (Lipinski definition) is 2. The van der Waals surface area contributed by atoms with E-state index in [1.54, 1.807) is 18.7 Å². The number of hydrogen-bond acceptors (Lipinski definition) is 3. The molecule has 0 aliphatic heterocycles. The summed E-state index contributed by atoms with van der Waals surface area (Å²) in [7, 11) is 0. The topological polar surface area (TPSA) is 63.3 Å². The van der Waals surface area contributed by atoms with Crippen molar-refractivity contribution in [1.29, 1.82) is 0 Å². The maximum atomic E-state index is 10.6. The highest BCUT2D eigenvalue weighted by atomic mass is 32.2. The molecule has 66 valence electrons. The Labute approximate surface area is 71.3 Å². The number of carbonyl (C=O) groups is 1. The average Bonchev–Trinajstić information content (AvgIpc) is 2.00. The molecule has 0 aliphatic rings. The van der Waals surface area contributed by atoms with Gasteiger partial charge in [-0.05, 0) is 24.9 Å². The summed E-state index contributed by atoms with van der Waals surface area (Å²) in [6, 6.07) is 0. The minimum atomic E-state index is -1.01. The molecule has 4 heteroatoms. The fourth-order valence-corrected chi connectivity index (χ4v) is 1.29. The number of carboxylic acids is 1. The van der Waals surface area contributed by atoms with Crippen LogP contribution in [0.2, 0.25) is 0 Å². The van der Waals surface area contributed by atoms with E-state index in [0.717, 1.165) is 5.75 Å². The molecule has 11 heavy (non-hydrogen) atoms. The minimum Gasteiger partial charge on any atom is -0.480 e. The molecule has 0 amide bonds. The van der Waals surface area contributed by atoms with Crippen LogP contribution >= 0.6 is 11.8 Å². The molecule has 1 atom stereocenters. The normalized spacial score (nSPS) is 15.9. The molecule has 3 N–H and O–H groups in total. The van der Waals surface area contributed by atoms with E-state index in [0.29, 0.717) is 12.8 Å². The molecule has 0 aliphatic carbocycles. The van der Waals surface area contributed by atoms with Crippen LogP contribution in [0, 0.1) is 0 Å². The van der Waals surface area contributed by atoms with Gasteiger partial charge in [-0.3, -0.25) is 4.79 Å². The second-order valence-corrected chi connectivity index (χ2v) is 3.54. The first kappa shape index (κ1) is 10.8. The third kappa shape index (κ3) is 3.12. The molecule has 3 nitrogen and oxygen atoms in total. The lowest BCUT2D eigenvalue weighted by Gasteiger charge is -2.21. The fraction of sp³-hybridized carbons (Fsp3) is 0.857. The van der Waals surface area contributed by atoms with Gasteiger partial charge in [-0.2, -0.15) is 11.8 Å². The van der Waals surface area contributed by atoms with E-state index >= 15 is 0 Å². The van der Waals surface area contributed by atoms with Crippen LogP contribution in [-0.4, -0.2) is 28.6 Å². The van der Waals surface area contributed by atoms with Gasteiger partial charge in [-0.15, -0.1) is 0 Å².